The molecule has 0 aliphatic heterocycles. The van der Waals surface area contributed by atoms with Crippen molar-refractivity contribution in [1.29, 1.82) is 0 Å². The van der Waals surface area contributed by atoms with Crippen molar-refractivity contribution in [2.45, 2.75) is 26.2 Å². The fraction of sp³-hybridized carbons (Fsp3) is 0.235. The van der Waals surface area contributed by atoms with Crippen LogP contribution in [-0.4, -0.2) is 15.9 Å². The van der Waals surface area contributed by atoms with Crippen LogP contribution in [0.3, 0.4) is 0 Å². The van der Waals surface area contributed by atoms with Gasteiger partial charge in [-0.3, -0.25) is 4.79 Å². The second-order valence-electron chi connectivity index (χ2n) is 5.42. The van der Waals surface area contributed by atoms with Gasteiger partial charge in [0.1, 0.15) is 11.6 Å². The van der Waals surface area contributed by atoms with Gasteiger partial charge in [-0.25, -0.2) is 4.98 Å². The van der Waals surface area contributed by atoms with Crippen molar-refractivity contribution >= 4 is 71.6 Å². The molecule has 0 atom stereocenters. The first kappa shape index (κ1) is 18.8. The molecule has 0 bridgehead atoms. The second kappa shape index (κ2) is 8.13. The zero-order valence-electron chi connectivity index (χ0n) is 13.3. The number of hydrogen-bond donors (Lipinski definition) is 0. The van der Waals surface area contributed by atoms with E-state index in [1.165, 1.54) is 10.9 Å². The van der Waals surface area contributed by atoms with E-state index in [1.54, 1.807) is 6.07 Å². The predicted molar refractivity (Wildman–Crippen MR) is 114 cm³/mol. The van der Waals surface area contributed by atoms with Crippen LogP contribution in [0, 0.1) is 3.77 Å². The number of rotatable bonds is 5. The minimum absolute atomic E-state index is 0.186. The highest BCUT2D eigenvalue weighted by molar-refractivity contribution is 14.1. The molecule has 130 valence electrons. The van der Waals surface area contributed by atoms with E-state index in [-0.39, 0.29) is 5.56 Å². The van der Waals surface area contributed by atoms with Crippen LogP contribution >= 0.6 is 54.5 Å². The minimum atomic E-state index is -0.186. The van der Waals surface area contributed by atoms with E-state index < -0.39 is 0 Å². The summed E-state index contributed by atoms with van der Waals surface area (Å²) >= 11 is 8.88. The number of furan rings is 1. The molecular formula is C17H14Br2IN3O2. The molecule has 0 aliphatic rings. The monoisotopic (exact) mass is 577 g/mol. The van der Waals surface area contributed by atoms with Crippen molar-refractivity contribution < 1.29 is 4.42 Å². The Hall–Kier alpha value is -1.000. The highest BCUT2D eigenvalue weighted by atomic mass is 127. The predicted octanol–water partition coefficient (Wildman–Crippen LogP) is 5.34. The van der Waals surface area contributed by atoms with Crippen molar-refractivity contribution in [3.63, 3.8) is 0 Å². The van der Waals surface area contributed by atoms with E-state index in [9.17, 15) is 4.79 Å². The molecule has 0 aliphatic carbocycles. The molecule has 8 heteroatoms. The van der Waals surface area contributed by atoms with Gasteiger partial charge in [-0.1, -0.05) is 29.3 Å². The molecule has 3 rings (SSSR count). The second-order valence-corrected chi connectivity index (χ2v) is 8.17. The van der Waals surface area contributed by atoms with Crippen LogP contribution in [0.25, 0.3) is 10.9 Å². The number of nitrogens with zero attached hydrogens (tertiary/aromatic N) is 3. The van der Waals surface area contributed by atoms with Gasteiger partial charge in [0.05, 0.1) is 21.6 Å². The van der Waals surface area contributed by atoms with Crippen LogP contribution in [0.1, 0.15) is 31.4 Å². The van der Waals surface area contributed by atoms with Crippen molar-refractivity contribution in [2.75, 3.05) is 0 Å². The molecule has 0 saturated heterocycles. The molecule has 0 unspecified atom stereocenters. The zero-order chi connectivity index (χ0) is 18.0. The van der Waals surface area contributed by atoms with Crippen molar-refractivity contribution in [2.24, 2.45) is 5.10 Å². The highest BCUT2D eigenvalue weighted by Crippen LogP contribution is 2.22. The summed E-state index contributed by atoms with van der Waals surface area (Å²) < 4.78 is 9.34. The Kier molecular flexibility index (Phi) is 6.11. The molecule has 0 N–H and O–H groups in total. The molecule has 5 nitrogen and oxygen atoms in total. The molecule has 0 radical (unpaired) electrons. The summed E-state index contributed by atoms with van der Waals surface area (Å²) in [7, 11) is 0. The lowest BCUT2D eigenvalue weighted by Crippen LogP contribution is -2.22. The summed E-state index contributed by atoms with van der Waals surface area (Å²) in [5.41, 5.74) is 0.495. The standard InChI is InChI=1S/C17H14Br2IN3O2/c1-2-3-4-15-22-14-6-5-10(18)7-12(14)17(24)23(15)21-9-11-8-13(19)16(20)25-11/h5-9H,2-4H2,1H3. The topological polar surface area (TPSA) is 60.4 Å². The summed E-state index contributed by atoms with van der Waals surface area (Å²) in [5, 5.41) is 4.88. The Labute approximate surface area is 174 Å². The summed E-state index contributed by atoms with van der Waals surface area (Å²) in [5.74, 6) is 1.22. The van der Waals surface area contributed by atoms with Crippen molar-refractivity contribution in [1.82, 2.24) is 9.66 Å². The molecule has 0 spiro atoms. The maximum atomic E-state index is 12.9. The van der Waals surface area contributed by atoms with E-state index in [4.69, 9.17) is 4.42 Å². The lowest BCUT2D eigenvalue weighted by atomic mass is 10.2. The quantitative estimate of drug-likeness (QED) is 0.303. The fourth-order valence-corrected chi connectivity index (χ4v) is 3.43. The van der Waals surface area contributed by atoms with Crippen LogP contribution in [0.5, 0.6) is 0 Å². The molecule has 1 aromatic carbocycles. The summed E-state index contributed by atoms with van der Waals surface area (Å²) in [6, 6.07) is 7.31. The zero-order valence-corrected chi connectivity index (χ0v) is 18.6. The van der Waals surface area contributed by atoms with Crippen LogP contribution in [-0.2, 0) is 6.42 Å². The summed E-state index contributed by atoms with van der Waals surface area (Å²) in [6.07, 6.45) is 4.18. The molecule has 0 saturated carbocycles. The van der Waals surface area contributed by atoms with Crippen molar-refractivity contribution in [3.05, 3.63) is 58.9 Å². The molecule has 0 fully saturated rings. The van der Waals surface area contributed by atoms with Gasteiger partial charge >= 0.3 is 0 Å². The smallest absolute Gasteiger partial charge is 0.282 e. The number of fused-ring (bicyclic) bond motifs is 1. The van der Waals surface area contributed by atoms with Crippen LogP contribution < -0.4 is 5.56 Å². The Morgan fingerprint density at radius 2 is 2.16 bits per heavy atom. The third-order valence-electron chi connectivity index (χ3n) is 3.59. The van der Waals surface area contributed by atoms with E-state index in [1.807, 2.05) is 18.2 Å². The Morgan fingerprint density at radius 3 is 2.84 bits per heavy atom. The van der Waals surface area contributed by atoms with Gasteiger partial charge in [-0.15, -0.1) is 0 Å². The first-order chi connectivity index (χ1) is 12.0. The number of benzene rings is 1. The molecule has 25 heavy (non-hydrogen) atoms. The van der Waals surface area contributed by atoms with Gasteiger partial charge in [-0.05, 0) is 40.5 Å². The average molecular weight is 579 g/mol. The van der Waals surface area contributed by atoms with E-state index >= 15 is 0 Å². The Bertz CT molecular complexity index is 992. The van der Waals surface area contributed by atoms with Gasteiger partial charge in [-0.2, -0.15) is 9.78 Å². The SMILES string of the molecule is CCCCc1nc2ccc(Br)cc2c(=O)n1N=Cc1cc(Br)c(I)o1. The van der Waals surface area contributed by atoms with Gasteiger partial charge in [0.2, 0.25) is 0 Å². The highest BCUT2D eigenvalue weighted by Gasteiger charge is 2.11. The van der Waals surface area contributed by atoms with E-state index in [2.05, 4.69) is 71.5 Å². The number of hydrogen-bond acceptors (Lipinski definition) is 4. The van der Waals surface area contributed by atoms with Crippen molar-refractivity contribution in [3.8, 4) is 0 Å². The Morgan fingerprint density at radius 1 is 1.36 bits per heavy atom. The fourth-order valence-electron chi connectivity index (χ4n) is 2.35. The third kappa shape index (κ3) is 4.22. The Balaban J connectivity index is 2.12. The molecule has 0 amide bonds. The van der Waals surface area contributed by atoms with Gasteiger partial charge in [0.15, 0.2) is 3.77 Å². The molecule has 2 aromatic heterocycles. The van der Waals surface area contributed by atoms with Crippen LogP contribution in [0.2, 0.25) is 0 Å². The molecule has 2 heterocycles. The third-order valence-corrected chi connectivity index (χ3v) is 6.22. The minimum Gasteiger partial charge on any atom is -0.448 e. The maximum absolute atomic E-state index is 12.9. The lowest BCUT2D eigenvalue weighted by molar-refractivity contribution is 0.528. The first-order valence-electron chi connectivity index (χ1n) is 7.70. The summed E-state index contributed by atoms with van der Waals surface area (Å²) in [4.78, 5) is 17.5. The first-order valence-corrected chi connectivity index (χ1v) is 10.4. The largest absolute Gasteiger partial charge is 0.448 e. The molecule has 3 aromatic rings. The van der Waals surface area contributed by atoms with Gasteiger partial charge in [0, 0.05) is 39.6 Å². The molecular weight excluding hydrogens is 565 g/mol. The van der Waals surface area contributed by atoms with Gasteiger partial charge < -0.3 is 4.42 Å². The van der Waals surface area contributed by atoms with Crippen LogP contribution in [0.15, 0.2) is 47.5 Å². The number of aryl methyl sites for hydroxylation is 1. The lowest BCUT2D eigenvalue weighted by Gasteiger charge is -2.08. The summed E-state index contributed by atoms with van der Waals surface area (Å²) in [6.45, 7) is 2.10. The van der Waals surface area contributed by atoms with E-state index in [0.29, 0.717) is 28.9 Å². The number of aromatic nitrogens is 2. The van der Waals surface area contributed by atoms with Gasteiger partial charge in [0.25, 0.3) is 5.56 Å². The van der Waals surface area contributed by atoms with Crippen LogP contribution in [0.4, 0.5) is 0 Å². The van der Waals surface area contributed by atoms with E-state index in [0.717, 1.165) is 25.6 Å². The average Bonchev–Trinajstić information content (AvgIpc) is 2.91. The number of halogens is 3. The maximum Gasteiger partial charge on any atom is 0.282 e. The number of unbranched alkanes of at least 4 members (excludes halogenated alkanes) is 1. The normalized spacial score (nSPS) is 11.7.